The number of methoxy groups -OCH3 is 1. The van der Waals surface area contributed by atoms with Crippen LogP contribution < -0.4 is 0 Å². The number of Topliss-reactive ketones (excluding diaryl/α,β-unsaturated/α-hetero) is 1. The molecule has 0 spiro atoms. The number of aryl methyl sites for hydroxylation is 2. The number of aliphatic hydroxyl groups is 1. The summed E-state index contributed by atoms with van der Waals surface area (Å²) in [6, 6.07) is 8.34. The van der Waals surface area contributed by atoms with Crippen LogP contribution in [0.3, 0.4) is 0 Å². The second-order valence-electron chi connectivity index (χ2n) is 8.49. The third-order valence-corrected chi connectivity index (χ3v) is 5.51. The molecule has 0 bridgehead atoms. The van der Waals surface area contributed by atoms with Crippen molar-refractivity contribution in [1.29, 1.82) is 0 Å². The Balaban J connectivity index is 2.14. The molecule has 0 saturated heterocycles. The summed E-state index contributed by atoms with van der Waals surface area (Å²) < 4.78 is 20.1. The van der Waals surface area contributed by atoms with Crippen molar-refractivity contribution < 1.29 is 23.8 Å². The number of esters is 1. The summed E-state index contributed by atoms with van der Waals surface area (Å²) in [4.78, 5) is 23.3. The zero-order valence-corrected chi connectivity index (χ0v) is 19.6. The van der Waals surface area contributed by atoms with Gasteiger partial charge >= 0.3 is 5.97 Å². The number of aromatic nitrogens is 2. The molecule has 2 aromatic heterocycles. The maximum absolute atomic E-state index is 13.7. The molecule has 1 N–H and O–H groups in total. The Hall–Kier alpha value is -3.32. The second-order valence-corrected chi connectivity index (χ2v) is 8.49. The van der Waals surface area contributed by atoms with Crippen LogP contribution in [0.1, 0.15) is 55.1 Å². The van der Waals surface area contributed by atoms with Gasteiger partial charge in [-0.2, -0.15) is 5.10 Å². The Morgan fingerprint density at radius 3 is 2.48 bits per heavy atom. The van der Waals surface area contributed by atoms with E-state index in [9.17, 15) is 19.1 Å². The molecule has 0 aliphatic heterocycles. The average molecular weight is 453 g/mol. The van der Waals surface area contributed by atoms with E-state index in [1.807, 2.05) is 38.3 Å². The third-order valence-electron chi connectivity index (χ3n) is 5.51. The molecular weight excluding hydrogens is 423 g/mol. The molecular formula is C26H29FN2O4. The van der Waals surface area contributed by atoms with E-state index in [0.29, 0.717) is 0 Å². The summed E-state index contributed by atoms with van der Waals surface area (Å²) in [6.45, 7) is 8.04. The molecule has 3 aromatic rings. The molecule has 1 unspecified atom stereocenters. The highest BCUT2D eigenvalue weighted by Gasteiger charge is 2.21. The zero-order chi connectivity index (χ0) is 24.3. The molecule has 6 nitrogen and oxygen atoms in total. The Morgan fingerprint density at radius 1 is 1.21 bits per heavy atom. The smallest absolute Gasteiger partial charge is 0.313 e. The highest BCUT2D eigenvalue weighted by Crippen LogP contribution is 2.36. The lowest BCUT2D eigenvalue weighted by molar-refractivity contribution is -0.143. The largest absolute Gasteiger partial charge is 0.469 e. The van der Waals surface area contributed by atoms with Crippen LogP contribution in [-0.4, -0.2) is 39.7 Å². The van der Waals surface area contributed by atoms with Crippen molar-refractivity contribution in [3.8, 4) is 11.1 Å². The number of carbonyl (C=O) groups is 2. The summed E-state index contributed by atoms with van der Waals surface area (Å²) in [6.07, 6.45) is 1.64. The van der Waals surface area contributed by atoms with Gasteiger partial charge in [0.2, 0.25) is 0 Å². The van der Waals surface area contributed by atoms with Crippen LogP contribution >= 0.6 is 0 Å². The maximum atomic E-state index is 13.7. The quantitative estimate of drug-likeness (QED) is 0.393. The van der Waals surface area contributed by atoms with Gasteiger partial charge in [0.15, 0.2) is 0 Å². The predicted molar refractivity (Wildman–Crippen MR) is 125 cm³/mol. The number of nitrogens with zero attached hydrogens (tertiary/aromatic N) is 2. The number of hydrogen-bond donors (Lipinski definition) is 1. The van der Waals surface area contributed by atoms with Crippen LogP contribution in [0, 0.1) is 19.7 Å². The average Bonchev–Trinajstić information content (AvgIpc) is 3.04. The van der Waals surface area contributed by atoms with E-state index in [1.54, 1.807) is 18.2 Å². The lowest BCUT2D eigenvalue weighted by atomic mass is 9.93. The molecule has 0 aliphatic carbocycles. The van der Waals surface area contributed by atoms with E-state index < -0.39 is 17.9 Å². The first-order valence-electron chi connectivity index (χ1n) is 10.9. The molecule has 1 atom stereocenters. The van der Waals surface area contributed by atoms with Gasteiger partial charge in [-0.05, 0) is 49.1 Å². The zero-order valence-electron chi connectivity index (χ0n) is 19.6. The van der Waals surface area contributed by atoms with E-state index >= 15 is 0 Å². The van der Waals surface area contributed by atoms with Gasteiger partial charge in [0.1, 0.15) is 18.0 Å². The molecule has 0 aliphatic rings. The van der Waals surface area contributed by atoms with E-state index in [0.717, 1.165) is 39.2 Å². The summed E-state index contributed by atoms with van der Waals surface area (Å²) >= 11 is 0. The summed E-state index contributed by atoms with van der Waals surface area (Å²) in [5.41, 5.74) is 6.22. The van der Waals surface area contributed by atoms with Crippen LogP contribution in [0.15, 0.2) is 36.4 Å². The number of carbonyl (C=O) groups excluding carboxylic acids is 2. The molecule has 174 valence electrons. The Morgan fingerprint density at radius 2 is 1.88 bits per heavy atom. The van der Waals surface area contributed by atoms with Crippen LogP contribution in [0.5, 0.6) is 0 Å². The molecule has 2 heterocycles. The summed E-state index contributed by atoms with van der Waals surface area (Å²) in [5, 5.41) is 15.3. The number of ketones is 1. The van der Waals surface area contributed by atoms with Crippen molar-refractivity contribution in [3.63, 3.8) is 0 Å². The monoisotopic (exact) mass is 452 g/mol. The van der Waals surface area contributed by atoms with Gasteiger partial charge in [-0.25, -0.2) is 8.91 Å². The van der Waals surface area contributed by atoms with Crippen LogP contribution in [0.25, 0.3) is 22.7 Å². The van der Waals surface area contributed by atoms with Gasteiger partial charge in [-0.3, -0.25) is 9.59 Å². The molecule has 1 aromatic carbocycles. The molecule has 0 saturated carbocycles. The van der Waals surface area contributed by atoms with Gasteiger partial charge in [-0.15, -0.1) is 0 Å². The van der Waals surface area contributed by atoms with Crippen molar-refractivity contribution in [3.05, 3.63) is 64.7 Å². The fourth-order valence-electron chi connectivity index (χ4n) is 3.95. The minimum atomic E-state index is -1.07. The van der Waals surface area contributed by atoms with Crippen molar-refractivity contribution in [2.24, 2.45) is 0 Å². The number of aliphatic hydroxyl groups excluding tert-OH is 1. The number of rotatable bonds is 8. The number of ether oxygens (including phenoxy) is 1. The van der Waals surface area contributed by atoms with Crippen LogP contribution in [0.2, 0.25) is 0 Å². The number of fused-ring (bicyclic) bond motifs is 1. The minimum Gasteiger partial charge on any atom is -0.469 e. The topological polar surface area (TPSA) is 80.9 Å². The van der Waals surface area contributed by atoms with E-state index in [2.05, 4.69) is 4.74 Å². The van der Waals surface area contributed by atoms with Gasteiger partial charge < -0.3 is 9.84 Å². The molecule has 0 fully saturated rings. The summed E-state index contributed by atoms with van der Waals surface area (Å²) in [7, 11) is 1.21. The maximum Gasteiger partial charge on any atom is 0.313 e. The summed E-state index contributed by atoms with van der Waals surface area (Å²) in [5.74, 6) is -1.31. The SMILES string of the molecule is COC(=O)CC(=O)CC(O)/C=C/c1c(C(C)C)nn2c(C)cc(C)c2c1-c1ccc(F)cc1. The van der Waals surface area contributed by atoms with Crippen molar-refractivity contribution >= 4 is 23.3 Å². The minimum absolute atomic E-state index is 0.0634. The third kappa shape index (κ3) is 5.37. The molecule has 33 heavy (non-hydrogen) atoms. The number of hydrogen-bond acceptors (Lipinski definition) is 5. The van der Waals surface area contributed by atoms with E-state index in [-0.39, 0.29) is 24.6 Å². The van der Waals surface area contributed by atoms with Crippen LogP contribution in [0.4, 0.5) is 4.39 Å². The van der Waals surface area contributed by atoms with Gasteiger partial charge in [0.05, 0.1) is 24.4 Å². The van der Waals surface area contributed by atoms with E-state index in [1.165, 1.54) is 25.3 Å². The van der Waals surface area contributed by atoms with Crippen molar-refractivity contribution in [2.45, 2.75) is 52.6 Å². The Kier molecular flexibility index (Phi) is 7.43. The lowest BCUT2D eigenvalue weighted by Gasteiger charge is -2.18. The first-order valence-corrected chi connectivity index (χ1v) is 10.9. The fraction of sp³-hybridized carbons (Fsp3) is 0.346. The normalized spacial score (nSPS) is 12.6. The standard InChI is InChI=1S/C26H29FN2O4/c1-15(2)25-22(11-10-20(30)13-21(31)14-23(32)33-5)24(18-6-8-19(27)9-7-18)26-16(3)12-17(4)29(26)28-25/h6-12,15,20,30H,13-14H2,1-5H3/b11-10+. The Bertz CT molecular complexity index is 1210. The highest BCUT2D eigenvalue weighted by atomic mass is 19.1. The van der Waals surface area contributed by atoms with Gasteiger partial charge in [0.25, 0.3) is 0 Å². The van der Waals surface area contributed by atoms with Gasteiger partial charge in [0, 0.05) is 23.2 Å². The van der Waals surface area contributed by atoms with E-state index in [4.69, 9.17) is 5.10 Å². The first-order chi connectivity index (χ1) is 15.6. The molecule has 7 heteroatoms. The molecule has 3 rings (SSSR count). The predicted octanol–water partition coefficient (Wildman–Crippen LogP) is 4.78. The lowest BCUT2D eigenvalue weighted by Crippen LogP contribution is -2.15. The number of halogens is 1. The fourth-order valence-corrected chi connectivity index (χ4v) is 3.95. The van der Waals surface area contributed by atoms with Crippen molar-refractivity contribution in [2.75, 3.05) is 7.11 Å². The molecule has 0 radical (unpaired) electrons. The molecule has 0 amide bonds. The Labute approximate surface area is 192 Å². The van der Waals surface area contributed by atoms with Gasteiger partial charge in [-0.1, -0.05) is 38.1 Å². The number of benzene rings is 1. The van der Waals surface area contributed by atoms with Crippen molar-refractivity contribution in [1.82, 2.24) is 9.61 Å². The highest BCUT2D eigenvalue weighted by molar-refractivity contribution is 5.96. The first kappa shape index (κ1) is 24.3. The van der Waals surface area contributed by atoms with Crippen LogP contribution in [-0.2, 0) is 14.3 Å². The second kappa shape index (κ2) is 10.1.